The van der Waals surface area contributed by atoms with Crippen molar-refractivity contribution in [2.75, 3.05) is 31.9 Å². The number of sulfone groups is 1. The predicted octanol–water partition coefficient (Wildman–Crippen LogP) is 2.73. The first-order chi connectivity index (χ1) is 16.1. The molecule has 1 saturated carbocycles. The van der Waals surface area contributed by atoms with Gasteiger partial charge in [0.1, 0.15) is 5.60 Å². The van der Waals surface area contributed by atoms with Gasteiger partial charge in [0.05, 0.1) is 11.5 Å². The fraction of sp³-hybridized carbons (Fsp3) is 0.462. The molecule has 1 heterocycles. The Labute approximate surface area is 201 Å². The van der Waals surface area contributed by atoms with Crippen LogP contribution in [0.2, 0.25) is 0 Å². The van der Waals surface area contributed by atoms with Crippen LogP contribution in [0.15, 0.2) is 48.5 Å². The second kappa shape index (κ2) is 9.50. The van der Waals surface area contributed by atoms with E-state index in [1.165, 1.54) is 0 Å². The SMILES string of the molecule is CC(C)CS(=O)(=O)Cc1cccc(-c2ccc(C(=O)N3CCN(C(=O)C4(O)CC4)CC3)cc2)c1. The van der Waals surface area contributed by atoms with E-state index >= 15 is 0 Å². The third-order valence-electron chi connectivity index (χ3n) is 6.34. The molecular weight excluding hydrogens is 452 g/mol. The Balaban J connectivity index is 1.39. The lowest BCUT2D eigenvalue weighted by Gasteiger charge is -2.35. The molecule has 0 aromatic heterocycles. The largest absolute Gasteiger partial charge is 0.380 e. The third kappa shape index (κ3) is 5.67. The minimum atomic E-state index is -3.17. The van der Waals surface area contributed by atoms with Gasteiger partial charge < -0.3 is 14.9 Å². The molecule has 2 aromatic rings. The number of amides is 2. The van der Waals surface area contributed by atoms with Crippen LogP contribution in [0, 0.1) is 5.92 Å². The number of nitrogens with zero attached hydrogens (tertiary/aromatic N) is 2. The van der Waals surface area contributed by atoms with Gasteiger partial charge >= 0.3 is 0 Å². The summed E-state index contributed by atoms with van der Waals surface area (Å²) in [7, 11) is -3.17. The fourth-order valence-electron chi connectivity index (χ4n) is 4.39. The van der Waals surface area contributed by atoms with Gasteiger partial charge in [0.2, 0.25) is 0 Å². The van der Waals surface area contributed by atoms with E-state index in [0.29, 0.717) is 44.6 Å². The first-order valence-corrected chi connectivity index (χ1v) is 13.6. The van der Waals surface area contributed by atoms with E-state index < -0.39 is 15.4 Å². The zero-order valence-corrected chi connectivity index (χ0v) is 20.6. The number of aliphatic hydroxyl groups is 1. The van der Waals surface area contributed by atoms with Crippen molar-refractivity contribution in [3.05, 3.63) is 59.7 Å². The summed E-state index contributed by atoms with van der Waals surface area (Å²) in [5, 5.41) is 10.0. The summed E-state index contributed by atoms with van der Waals surface area (Å²) in [6.07, 6.45) is 1.04. The van der Waals surface area contributed by atoms with E-state index in [0.717, 1.165) is 16.7 Å². The molecule has 0 spiro atoms. The molecule has 0 radical (unpaired) electrons. The average Bonchev–Trinajstić information content (AvgIpc) is 3.56. The van der Waals surface area contributed by atoms with Crippen molar-refractivity contribution in [2.45, 2.75) is 38.0 Å². The van der Waals surface area contributed by atoms with Crippen molar-refractivity contribution >= 4 is 21.7 Å². The van der Waals surface area contributed by atoms with E-state index in [4.69, 9.17) is 0 Å². The van der Waals surface area contributed by atoms with Crippen molar-refractivity contribution in [2.24, 2.45) is 5.92 Å². The molecule has 2 aliphatic rings. The Kier molecular flexibility index (Phi) is 6.82. The van der Waals surface area contributed by atoms with E-state index in [-0.39, 0.29) is 29.2 Å². The maximum atomic E-state index is 12.9. The van der Waals surface area contributed by atoms with Crippen LogP contribution in [0.3, 0.4) is 0 Å². The van der Waals surface area contributed by atoms with Crippen LogP contribution in [-0.4, -0.2) is 72.7 Å². The molecule has 1 aliphatic carbocycles. The maximum absolute atomic E-state index is 12.9. The highest BCUT2D eigenvalue weighted by Crippen LogP contribution is 2.37. The number of benzene rings is 2. The molecular formula is C26H32N2O5S. The quantitative estimate of drug-likeness (QED) is 0.652. The first-order valence-electron chi connectivity index (χ1n) is 11.8. The van der Waals surface area contributed by atoms with E-state index in [1.54, 1.807) is 21.9 Å². The van der Waals surface area contributed by atoms with Crippen LogP contribution in [0.1, 0.15) is 42.6 Å². The molecule has 2 amide bonds. The van der Waals surface area contributed by atoms with Gasteiger partial charge in [0.25, 0.3) is 11.8 Å². The Morgan fingerprint density at radius 1 is 0.941 bits per heavy atom. The van der Waals surface area contributed by atoms with Gasteiger partial charge in [-0.3, -0.25) is 9.59 Å². The van der Waals surface area contributed by atoms with Crippen LogP contribution in [0.5, 0.6) is 0 Å². The molecule has 0 atom stereocenters. The minimum absolute atomic E-state index is 0.0153. The van der Waals surface area contributed by atoms with Gasteiger partial charge in [-0.2, -0.15) is 0 Å². The second-order valence-corrected chi connectivity index (χ2v) is 12.0. The topological polar surface area (TPSA) is 95.0 Å². The molecule has 1 aliphatic heterocycles. The van der Waals surface area contributed by atoms with Crippen LogP contribution >= 0.6 is 0 Å². The number of carbonyl (C=O) groups is 2. The molecule has 0 unspecified atom stereocenters. The summed E-state index contributed by atoms with van der Waals surface area (Å²) < 4.78 is 24.7. The molecule has 4 rings (SSSR count). The van der Waals surface area contributed by atoms with Gasteiger partial charge in [0, 0.05) is 31.7 Å². The molecule has 182 valence electrons. The highest BCUT2D eigenvalue weighted by molar-refractivity contribution is 7.90. The van der Waals surface area contributed by atoms with Gasteiger partial charge in [0.15, 0.2) is 9.84 Å². The van der Waals surface area contributed by atoms with E-state index in [9.17, 15) is 23.1 Å². The molecule has 1 saturated heterocycles. The lowest BCUT2D eigenvalue weighted by molar-refractivity contribution is -0.143. The molecule has 34 heavy (non-hydrogen) atoms. The molecule has 1 N–H and O–H groups in total. The Hall–Kier alpha value is -2.71. The summed E-state index contributed by atoms with van der Waals surface area (Å²) in [6.45, 7) is 5.53. The van der Waals surface area contributed by atoms with Crippen LogP contribution in [0.4, 0.5) is 0 Å². The maximum Gasteiger partial charge on any atom is 0.254 e. The standard InChI is InChI=1S/C26H32N2O5S/c1-19(2)17-34(32,33)18-20-4-3-5-23(16-20)21-6-8-22(9-7-21)24(29)27-12-14-28(15-13-27)25(30)26(31)10-11-26/h3-9,16,19,31H,10-15,17-18H2,1-2H3. The van der Waals surface area contributed by atoms with E-state index in [2.05, 4.69) is 0 Å². The fourth-order valence-corrected chi connectivity index (χ4v) is 6.21. The summed E-state index contributed by atoms with van der Waals surface area (Å²) in [5.74, 6) is -0.0366. The van der Waals surface area contributed by atoms with Crippen molar-refractivity contribution in [1.29, 1.82) is 0 Å². The van der Waals surface area contributed by atoms with Gasteiger partial charge in [-0.15, -0.1) is 0 Å². The number of carbonyl (C=O) groups excluding carboxylic acids is 2. The van der Waals surface area contributed by atoms with Crippen molar-refractivity contribution in [3.63, 3.8) is 0 Å². The summed E-state index contributed by atoms with van der Waals surface area (Å²) in [5.41, 5.74) is 1.97. The smallest absolute Gasteiger partial charge is 0.254 e. The van der Waals surface area contributed by atoms with Crippen molar-refractivity contribution < 1.29 is 23.1 Å². The zero-order valence-electron chi connectivity index (χ0n) is 19.7. The highest BCUT2D eigenvalue weighted by atomic mass is 32.2. The average molecular weight is 485 g/mol. The lowest BCUT2D eigenvalue weighted by atomic mass is 10.0. The summed E-state index contributed by atoms with van der Waals surface area (Å²) >= 11 is 0. The zero-order chi connectivity index (χ0) is 24.5. The van der Waals surface area contributed by atoms with Gasteiger partial charge in [-0.1, -0.05) is 50.2 Å². The summed E-state index contributed by atoms with van der Waals surface area (Å²) in [4.78, 5) is 28.6. The lowest BCUT2D eigenvalue weighted by Crippen LogP contribution is -2.53. The summed E-state index contributed by atoms with van der Waals surface area (Å²) in [6, 6.07) is 14.8. The highest BCUT2D eigenvalue weighted by Gasteiger charge is 2.50. The predicted molar refractivity (Wildman–Crippen MR) is 131 cm³/mol. The monoisotopic (exact) mass is 484 g/mol. The van der Waals surface area contributed by atoms with Crippen molar-refractivity contribution in [3.8, 4) is 11.1 Å². The number of hydrogen-bond acceptors (Lipinski definition) is 5. The molecule has 2 fully saturated rings. The van der Waals surface area contributed by atoms with Crippen LogP contribution < -0.4 is 0 Å². The second-order valence-electron chi connectivity index (χ2n) is 9.84. The number of rotatable bonds is 7. The Morgan fingerprint density at radius 3 is 2.15 bits per heavy atom. The molecule has 0 bridgehead atoms. The van der Waals surface area contributed by atoms with Crippen LogP contribution in [-0.2, 0) is 20.4 Å². The minimum Gasteiger partial charge on any atom is -0.380 e. The Morgan fingerprint density at radius 2 is 1.56 bits per heavy atom. The normalized spacial score (nSPS) is 17.6. The van der Waals surface area contributed by atoms with Crippen molar-refractivity contribution in [1.82, 2.24) is 9.80 Å². The molecule has 2 aromatic carbocycles. The molecule has 8 heteroatoms. The van der Waals surface area contributed by atoms with E-state index in [1.807, 2.05) is 50.2 Å². The number of piperazine rings is 1. The first kappa shape index (κ1) is 24.4. The molecule has 7 nitrogen and oxygen atoms in total. The number of hydrogen-bond donors (Lipinski definition) is 1. The van der Waals surface area contributed by atoms with Gasteiger partial charge in [-0.25, -0.2) is 8.42 Å². The van der Waals surface area contributed by atoms with Crippen LogP contribution in [0.25, 0.3) is 11.1 Å². The Bertz CT molecular complexity index is 1160. The third-order valence-corrected chi connectivity index (χ3v) is 8.29. The van der Waals surface area contributed by atoms with Gasteiger partial charge in [-0.05, 0) is 47.6 Å².